The zero-order valence-electron chi connectivity index (χ0n) is 11.3. The molecule has 2 aromatic rings. The minimum atomic E-state index is 0.0901. The van der Waals surface area contributed by atoms with Gasteiger partial charge in [0.25, 0.3) is 0 Å². The van der Waals surface area contributed by atoms with Gasteiger partial charge in [-0.1, -0.05) is 26.0 Å². The summed E-state index contributed by atoms with van der Waals surface area (Å²) >= 11 is 0. The molecule has 1 aromatic heterocycles. The lowest BCUT2D eigenvalue weighted by atomic mass is 10.0. The summed E-state index contributed by atoms with van der Waals surface area (Å²) in [6.45, 7) is 4.07. The van der Waals surface area contributed by atoms with Gasteiger partial charge in [-0.3, -0.25) is 4.79 Å². The van der Waals surface area contributed by atoms with E-state index in [9.17, 15) is 4.79 Å². The van der Waals surface area contributed by atoms with E-state index in [0.717, 1.165) is 29.8 Å². The molecule has 19 heavy (non-hydrogen) atoms. The number of carbonyl (C=O) groups excluding carboxylic acids is 1. The van der Waals surface area contributed by atoms with Crippen molar-refractivity contribution in [1.82, 2.24) is 9.97 Å². The largest absolute Gasteiger partial charge is 0.345 e. The van der Waals surface area contributed by atoms with Gasteiger partial charge in [0, 0.05) is 11.6 Å². The van der Waals surface area contributed by atoms with E-state index in [1.807, 2.05) is 38.1 Å². The number of aromatic nitrogens is 2. The standard InChI is InChI=1S/C15H19N3O/c1-3-11(4-2)15(19)18-13-7-5-12(6-8-13)14-9-16-10-17-14/h5-11H,3-4H2,1-2H3,(H,16,17)(H,18,19). The first-order valence-corrected chi connectivity index (χ1v) is 6.64. The van der Waals surface area contributed by atoms with Gasteiger partial charge < -0.3 is 10.3 Å². The van der Waals surface area contributed by atoms with Crippen molar-refractivity contribution in [2.75, 3.05) is 5.32 Å². The van der Waals surface area contributed by atoms with Crippen LogP contribution in [0.25, 0.3) is 11.3 Å². The summed E-state index contributed by atoms with van der Waals surface area (Å²) in [5.74, 6) is 0.187. The monoisotopic (exact) mass is 257 g/mol. The highest BCUT2D eigenvalue weighted by atomic mass is 16.1. The lowest BCUT2D eigenvalue weighted by molar-refractivity contribution is -0.120. The van der Waals surface area contributed by atoms with E-state index in [1.165, 1.54) is 0 Å². The molecule has 1 aromatic carbocycles. The summed E-state index contributed by atoms with van der Waals surface area (Å²) in [7, 11) is 0. The molecule has 4 nitrogen and oxygen atoms in total. The molecular weight excluding hydrogens is 238 g/mol. The highest BCUT2D eigenvalue weighted by Gasteiger charge is 2.13. The third-order valence-corrected chi connectivity index (χ3v) is 3.32. The van der Waals surface area contributed by atoms with Crippen molar-refractivity contribution in [3.63, 3.8) is 0 Å². The highest BCUT2D eigenvalue weighted by molar-refractivity contribution is 5.92. The maximum atomic E-state index is 12.0. The van der Waals surface area contributed by atoms with E-state index in [-0.39, 0.29) is 11.8 Å². The van der Waals surface area contributed by atoms with E-state index in [2.05, 4.69) is 15.3 Å². The quantitative estimate of drug-likeness (QED) is 0.861. The van der Waals surface area contributed by atoms with Gasteiger partial charge in [0.05, 0.1) is 18.2 Å². The summed E-state index contributed by atoms with van der Waals surface area (Å²) in [4.78, 5) is 19.0. The number of anilines is 1. The first-order chi connectivity index (χ1) is 9.24. The third-order valence-electron chi connectivity index (χ3n) is 3.32. The van der Waals surface area contributed by atoms with E-state index in [0.29, 0.717) is 0 Å². The van der Waals surface area contributed by atoms with Gasteiger partial charge in [-0.25, -0.2) is 4.98 Å². The Morgan fingerprint density at radius 3 is 2.47 bits per heavy atom. The number of H-pyrrole nitrogens is 1. The van der Waals surface area contributed by atoms with Crippen LogP contribution in [0.4, 0.5) is 5.69 Å². The molecule has 100 valence electrons. The van der Waals surface area contributed by atoms with E-state index >= 15 is 0 Å². The van der Waals surface area contributed by atoms with E-state index in [1.54, 1.807) is 12.5 Å². The van der Waals surface area contributed by atoms with Crippen LogP contribution in [0.15, 0.2) is 36.8 Å². The molecular formula is C15H19N3O. The molecule has 0 saturated heterocycles. The Kier molecular flexibility index (Phi) is 4.34. The van der Waals surface area contributed by atoms with Crippen molar-refractivity contribution in [3.05, 3.63) is 36.8 Å². The first kappa shape index (κ1) is 13.3. The zero-order chi connectivity index (χ0) is 13.7. The minimum Gasteiger partial charge on any atom is -0.345 e. The molecule has 0 spiro atoms. The lowest BCUT2D eigenvalue weighted by Gasteiger charge is -2.12. The van der Waals surface area contributed by atoms with Crippen molar-refractivity contribution < 1.29 is 4.79 Å². The van der Waals surface area contributed by atoms with E-state index < -0.39 is 0 Å². The molecule has 0 saturated carbocycles. The average molecular weight is 257 g/mol. The molecule has 0 fully saturated rings. The van der Waals surface area contributed by atoms with Crippen LogP contribution >= 0.6 is 0 Å². The van der Waals surface area contributed by atoms with Gasteiger partial charge in [-0.15, -0.1) is 0 Å². The van der Waals surface area contributed by atoms with Crippen molar-refractivity contribution in [2.45, 2.75) is 26.7 Å². The fourth-order valence-corrected chi connectivity index (χ4v) is 2.05. The Labute approximate surface area is 113 Å². The number of nitrogens with one attached hydrogen (secondary N) is 2. The van der Waals surface area contributed by atoms with Crippen LogP contribution in [-0.2, 0) is 4.79 Å². The topological polar surface area (TPSA) is 57.8 Å². The molecule has 0 atom stereocenters. The van der Waals surface area contributed by atoms with Crippen LogP contribution in [0.1, 0.15) is 26.7 Å². The Morgan fingerprint density at radius 2 is 1.95 bits per heavy atom. The third kappa shape index (κ3) is 3.22. The molecule has 0 unspecified atom stereocenters. The SMILES string of the molecule is CCC(CC)C(=O)Nc1ccc(-c2cnc[nH]2)cc1. The van der Waals surface area contributed by atoms with Crippen LogP contribution in [-0.4, -0.2) is 15.9 Å². The van der Waals surface area contributed by atoms with Crippen molar-refractivity contribution >= 4 is 11.6 Å². The van der Waals surface area contributed by atoms with Gasteiger partial charge >= 0.3 is 0 Å². The summed E-state index contributed by atoms with van der Waals surface area (Å²) < 4.78 is 0. The molecule has 4 heteroatoms. The predicted molar refractivity (Wildman–Crippen MR) is 76.7 cm³/mol. The molecule has 1 heterocycles. The lowest BCUT2D eigenvalue weighted by Crippen LogP contribution is -2.21. The van der Waals surface area contributed by atoms with Gasteiger partial charge in [-0.05, 0) is 30.5 Å². The predicted octanol–water partition coefficient (Wildman–Crippen LogP) is 3.45. The van der Waals surface area contributed by atoms with E-state index in [4.69, 9.17) is 0 Å². The molecule has 0 aliphatic carbocycles. The maximum Gasteiger partial charge on any atom is 0.227 e. The number of benzene rings is 1. The zero-order valence-corrected chi connectivity index (χ0v) is 11.3. The number of hydrogen-bond donors (Lipinski definition) is 2. The normalized spacial score (nSPS) is 10.7. The van der Waals surface area contributed by atoms with Crippen molar-refractivity contribution in [3.8, 4) is 11.3 Å². The minimum absolute atomic E-state index is 0.0901. The second kappa shape index (κ2) is 6.18. The Bertz CT molecular complexity index is 513. The number of imidazole rings is 1. The first-order valence-electron chi connectivity index (χ1n) is 6.64. The molecule has 0 aliphatic heterocycles. The van der Waals surface area contributed by atoms with Crippen LogP contribution in [0.3, 0.4) is 0 Å². The van der Waals surface area contributed by atoms with Crippen molar-refractivity contribution in [1.29, 1.82) is 0 Å². The Hall–Kier alpha value is -2.10. The molecule has 0 aliphatic rings. The summed E-state index contributed by atoms with van der Waals surface area (Å²) in [5.41, 5.74) is 2.86. The summed E-state index contributed by atoms with van der Waals surface area (Å²) in [5, 5.41) is 2.95. The number of nitrogens with zero attached hydrogens (tertiary/aromatic N) is 1. The number of amides is 1. The molecule has 2 rings (SSSR count). The average Bonchev–Trinajstić information content (AvgIpc) is 2.95. The molecule has 1 amide bonds. The van der Waals surface area contributed by atoms with Crippen LogP contribution < -0.4 is 5.32 Å². The maximum absolute atomic E-state index is 12.0. The van der Waals surface area contributed by atoms with Crippen LogP contribution in [0, 0.1) is 5.92 Å². The fraction of sp³-hybridized carbons (Fsp3) is 0.333. The number of carbonyl (C=O) groups is 1. The second-order valence-corrected chi connectivity index (χ2v) is 4.55. The molecule has 0 bridgehead atoms. The number of aromatic amines is 1. The van der Waals surface area contributed by atoms with Gasteiger partial charge in [0.1, 0.15) is 0 Å². The number of rotatable bonds is 5. The number of hydrogen-bond acceptors (Lipinski definition) is 2. The van der Waals surface area contributed by atoms with Crippen LogP contribution in [0.2, 0.25) is 0 Å². The van der Waals surface area contributed by atoms with Crippen molar-refractivity contribution in [2.24, 2.45) is 5.92 Å². The van der Waals surface area contributed by atoms with Gasteiger partial charge in [-0.2, -0.15) is 0 Å². The van der Waals surface area contributed by atoms with Gasteiger partial charge in [0.15, 0.2) is 0 Å². The van der Waals surface area contributed by atoms with Gasteiger partial charge in [0.2, 0.25) is 5.91 Å². The summed E-state index contributed by atoms with van der Waals surface area (Å²) in [6, 6.07) is 7.76. The summed E-state index contributed by atoms with van der Waals surface area (Å²) in [6.07, 6.45) is 5.17. The molecule has 0 radical (unpaired) electrons. The van der Waals surface area contributed by atoms with Crippen LogP contribution in [0.5, 0.6) is 0 Å². The fourth-order valence-electron chi connectivity index (χ4n) is 2.05. The smallest absolute Gasteiger partial charge is 0.227 e. The second-order valence-electron chi connectivity index (χ2n) is 4.55. The highest BCUT2D eigenvalue weighted by Crippen LogP contribution is 2.19. The Balaban J connectivity index is 2.05. The Morgan fingerprint density at radius 1 is 1.26 bits per heavy atom. The molecule has 2 N–H and O–H groups in total.